The fourth-order valence-corrected chi connectivity index (χ4v) is 1.49. The van der Waals surface area contributed by atoms with E-state index in [0.717, 1.165) is 12.1 Å². The molecular weight excluding hydrogens is 214 g/mol. The Bertz CT molecular complexity index is 379. The fraction of sp³-hybridized carbons (Fsp3) is 0.462. The zero-order chi connectivity index (χ0) is 12.8. The zero-order valence-electron chi connectivity index (χ0n) is 10.7. The van der Waals surface area contributed by atoms with Crippen LogP contribution >= 0.6 is 0 Å². The molecular formula is C13H21N3O. The van der Waals surface area contributed by atoms with E-state index >= 15 is 0 Å². The van der Waals surface area contributed by atoms with Crippen molar-refractivity contribution in [3.63, 3.8) is 0 Å². The van der Waals surface area contributed by atoms with Crippen LogP contribution in [0.15, 0.2) is 24.3 Å². The molecule has 3 N–H and O–H groups in total. The summed E-state index contributed by atoms with van der Waals surface area (Å²) in [6.07, 6.45) is 0.938. The summed E-state index contributed by atoms with van der Waals surface area (Å²) >= 11 is 0. The van der Waals surface area contributed by atoms with E-state index in [9.17, 15) is 4.79 Å². The van der Waals surface area contributed by atoms with Crippen LogP contribution in [0.1, 0.15) is 20.3 Å². The molecule has 0 fully saturated rings. The Morgan fingerprint density at radius 3 is 2.82 bits per heavy atom. The van der Waals surface area contributed by atoms with Gasteiger partial charge in [-0.25, -0.2) is 0 Å². The predicted octanol–water partition coefficient (Wildman–Crippen LogP) is 1.62. The van der Waals surface area contributed by atoms with Crippen LogP contribution < -0.4 is 16.0 Å². The van der Waals surface area contributed by atoms with E-state index in [1.165, 1.54) is 0 Å². The van der Waals surface area contributed by atoms with E-state index in [-0.39, 0.29) is 11.9 Å². The molecule has 1 aromatic carbocycles. The highest BCUT2D eigenvalue weighted by atomic mass is 16.2. The lowest BCUT2D eigenvalue weighted by Crippen LogP contribution is -2.39. The molecule has 0 aliphatic carbocycles. The monoisotopic (exact) mass is 235 g/mol. The van der Waals surface area contributed by atoms with Crippen molar-refractivity contribution in [2.75, 3.05) is 24.2 Å². The lowest BCUT2D eigenvalue weighted by molar-refractivity contribution is -0.120. The first kappa shape index (κ1) is 13.4. The molecule has 94 valence electrons. The summed E-state index contributed by atoms with van der Waals surface area (Å²) in [7, 11) is 1.88. The first-order chi connectivity index (χ1) is 8.02. The number of nitrogens with zero attached hydrogens (tertiary/aromatic N) is 1. The maximum atomic E-state index is 11.7. The van der Waals surface area contributed by atoms with Crippen molar-refractivity contribution < 1.29 is 4.79 Å². The number of nitrogens with two attached hydrogens (primary N) is 1. The summed E-state index contributed by atoms with van der Waals surface area (Å²) in [6.45, 7) is 4.39. The SMILES string of the molecule is CCC(C)NC(=O)CN(C)c1cccc(N)c1. The van der Waals surface area contributed by atoms with Gasteiger partial charge in [0.25, 0.3) is 0 Å². The Morgan fingerprint density at radius 2 is 2.24 bits per heavy atom. The second-order valence-electron chi connectivity index (χ2n) is 4.33. The van der Waals surface area contributed by atoms with Crippen LogP contribution in [0.25, 0.3) is 0 Å². The van der Waals surface area contributed by atoms with Gasteiger partial charge in [-0.2, -0.15) is 0 Å². The first-order valence-electron chi connectivity index (χ1n) is 5.89. The molecule has 4 heteroatoms. The Balaban J connectivity index is 2.54. The van der Waals surface area contributed by atoms with Gasteiger partial charge in [0.05, 0.1) is 6.54 Å². The lowest BCUT2D eigenvalue weighted by Gasteiger charge is -2.20. The Hall–Kier alpha value is -1.71. The van der Waals surface area contributed by atoms with Gasteiger partial charge in [-0.15, -0.1) is 0 Å². The summed E-state index contributed by atoms with van der Waals surface area (Å²) in [5.74, 6) is 0.0317. The van der Waals surface area contributed by atoms with Crippen molar-refractivity contribution in [3.8, 4) is 0 Å². The third-order valence-electron chi connectivity index (χ3n) is 2.71. The molecule has 0 heterocycles. The number of likely N-dealkylation sites (N-methyl/N-ethyl adjacent to an activating group) is 1. The van der Waals surface area contributed by atoms with Gasteiger partial charge < -0.3 is 16.0 Å². The van der Waals surface area contributed by atoms with Crippen molar-refractivity contribution in [1.29, 1.82) is 0 Å². The van der Waals surface area contributed by atoms with Gasteiger partial charge in [-0.3, -0.25) is 4.79 Å². The molecule has 1 aromatic rings. The number of carbonyl (C=O) groups is 1. The van der Waals surface area contributed by atoms with E-state index in [2.05, 4.69) is 5.32 Å². The summed E-state index contributed by atoms with van der Waals surface area (Å²) in [4.78, 5) is 13.6. The summed E-state index contributed by atoms with van der Waals surface area (Å²) in [5.41, 5.74) is 7.36. The molecule has 17 heavy (non-hydrogen) atoms. The van der Waals surface area contributed by atoms with Crippen molar-refractivity contribution in [3.05, 3.63) is 24.3 Å². The minimum atomic E-state index is 0.0317. The number of carbonyl (C=O) groups excluding carboxylic acids is 1. The van der Waals surface area contributed by atoms with Gasteiger partial charge in [0.2, 0.25) is 5.91 Å². The Labute approximate surface area is 103 Å². The molecule has 0 spiro atoms. The molecule has 0 saturated carbocycles. The Kier molecular flexibility index (Phi) is 4.82. The maximum absolute atomic E-state index is 11.7. The second kappa shape index (κ2) is 6.13. The minimum Gasteiger partial charge on any atom is -0.399 e. The lowest BCUT2D eigenvalue weighted by atomic mass is 10.2. The molecule has 1 rings (SSSR count). The highest BCUT2D eigenvalue weighted by Gasteiger charge is 2.09. The van der Waals surface area contributed by atoms with Crippen molar-refractivity contribution in [1.82, 2.24) is 5.32 Å². The normalized spacial score (nSPS) is 11.9. The minimum absolute atomic E-state index is 0.0317. The smallest absolute Gasteiger partial charge is 0.239 e. The molecule has 0 saturated heterocycles. The van der Waals surface area contributed by atoms with Gasteiger partial charge in [-0.1, -0.05) is 13.0 Å². The molecule has 1 unspecified atom stereocenters. The van der Waals surface area contributed by atoms with E-state index in [0.29, 0.717) is 12.2 Å². The molecule has 0 aliphatic heterocycles. The van der Waals surface area contributed by atoms with Crippen LogP contribution in [-0.4, -0.2) is 25.5 Å². The van der Waals surface area contributed by atoms with Crippen LogP contribution in [0.2, 0.25) is 0 Å². The quantitative estimate of drug-likeness (QED) is 0.762. The molecule has 1 atom stereocenters. The topological polar surface area (TPSA) is 58.4 Å². The van der Waals surface area contributed by atoms with E-state index in [1.807, 2.05) is 50.1 Å². The third kappa shape index (κ3) is 4.34. The van der Waals surface area contributed by atoms with Crippen LogP contribution in [-0.2, 0) is 4.79 Å². The molecule has 4 nitrogen and oxygen atoms in total. The number of rotatable bonds is 5. The Morgan fingerprint density at radius 1 is 1.53 bits per heavy atom. The standard InChI is InChI=1S/C13H21N3O/c1-4-10(2)15-13(17)9-16(3)12-7-5-6-11(14)8-12/h5-8,10H,4,9,14H2,1-3H3,(H,15,17). The van der Waals surface area contributed by atoms with E-state index < -0.39 is 0 Å². The third-order valence-corrected chi connectivity index (χ3v) is 2.71. The fourth-order valence-electron chi connectivity index (χ4n) is 1.49. The van der Waals surface area contributed by atoms with Gasteiger partial charge in [-0.05, 0) is 31.5 Å². The molecule has 0 radical (unpaired) electrons. The van der Waals surface area contributed by atoms with Gasteiger partial charge in [0.1, 0.15) is 0 Å². The van der Waals surface area contributed by atoms with Gasteiger partial charge in [0, 0.05) is 24.5 Å². The van der Waals surface area contributed by atoms with Gasteiger partial charge >= 0.3 is 0 Å². The van der Waals surface area contributed by atoms with Crippen LogP contribution in [0.5, 0.6) is 0 Å². The molecule has 1 amide bonds. The highest BCUT2D eigenvalue weighted by molar-refractivity contribution is 5.81. The number of nitrogens with one attached hydrogen (secondary N) is 1. The van der Waals surface area contributed by atoms with Crippen LogP contribution in [0.4, 0.5) is 11.4 Å². The second-order valence-corrected chi connectivity index (χ2v) is 4.33. The maximum Gasteiger partial charge on any atom is 0.239 e. The molecule has 0 aliphatic rings. The average Bonchev–Trinajstić information content (AvgIpc) is 2.28. The summed E-state index contributed by atoms with van der Waals surface area (Å²) in [6, 6.07) is 7.73. The van der Waals surface area contributed by atoms with E-state index in [1.54, 1.807) is 0 Å². The van der Waals surface area contributed by atoms with Crippen LogP contribution in [0, 0.1) is 0 Å². The number of hydrogen-bond donors (Lipinski definition) is 2. The largest absolute Gasteiger partial charge is 0.399 e. The number of anilines is 2. The molecule has 0 aromatic heterocycles. The van der Waals surface area contributed by atoms with Gasteiger partial charge in [0.15, 0.2) is 0 Å². The number of benzene rings is 1. The van der Waals surface area contributed by atoms with Crippen molar-refractivity contribution >= 4 is 17.3 Å². The number of hydrogen-bond acceptors (Lipinski definition) is 3. The van der Waals surface area contributed by atoms with Crippen molar-refractivity contribution in [2.45, 2.75) is 26.3 Å². The van der Waals surface area contributed by atoms with Crippen LogP contribution in [0.3, 0.4) is 0 Å². The number of amides is 1. The highest BCUT2D eigenvalue weighted by Crippen LogP contribution is 2.15. The zero-order valence-corrected chi connectivity index (χ0v) is 10.7. The predicted molar refractivity (Wildman–Crippen MR) is 72.0 cm³/mol. The van der Waals surface area contributed by atoms with Crippen molar-refractivity contribution in [2.24, 2.45) is 0 Å². The van der Waals surface area contributed by atoms with E-state index in [4.69, 9.17) is 5.73 Å². The first-order valence-corrected chi connectivity index (χ1v) is 5.89. The average molecular weight is 235 g/mol. The molecule has 0 bridgehead atoms. The summed E-state index contributed by atoms with van der Waals surface area (Å²) < 4.78 is 0. The number of nitrogen functional groups attached to an aromatic ring is 1. The summed E-state index contributed by atoms with van der Waals surface area (Å²) in [5, 5.41) is 2.93.